The van der Waals surface area contributed by atoms with E-state index in [1.54, 1.807) is 13.8 Å². The fourth-order valence-electron chi connectivity index (χ4n) is 4.26. The molecule has 0 bridgehead atoms. The van der Waals surface area contributed by atoms with Gasteiger partial charge in [0.25, 0.3) is 5.91 Å². The second-order valence-electron chi connectivity index (χ2n) is 9.99. The summed E-state index contributed by atoms with van der Waals surface area (Å²) in [6.45, 7) is 10.5. The number of carboxylic acid groups (broad SMARTS) is 1. The van der Waals surface area contributed by atoms with Crippen LogP contribution in [0.2, 0.25) is 0 Å². The summed E-state index contributed by atoms with van der Waals surface area (Å²) < 4.78 is 5.94. The van der Waals surface area contributed by atoms with E-state index in [0.717, 1.165) is 17.7 Å². The molecule has 164 valence electrons. The number of aromatic carboxylic acids is 1. The van der Waals surface area contributed by atoms with Crippen molar-refractivity contribution in [1.29, 1.82) is 0 Å². The lowest BCUT2D eigenvalue weighted by molar-refractivity contribution is -0.179. The van der Waals surface area contributed by atoms with Gasteiger partial charge in [-0.1, -0.05) is 31.1 Å². The van der Waals surface area contributed by atoms with E-state index in [-0.39, 0.29) is 22.2 Å². The molecule has 0 spiro atoms. The molecule has 0 aromatic carbocycles. The largest absolute Gasteiger partial charge is 0.477 e. The molecule has 1 aromatic rings. The number of amides is 1. The molecular weight excluding hydrogens is 398 g/mol. The summed E-state index contributed by atoms with van der Waals surface area (Å²) >= 11 is 1.19. The Morgan fingerprint density at radius 3 is 2.57 bits per heavy atom. The minimum atomic E-state index is -0.965. The monoisotopic (exact) mass is 431 g/mol. The Morgan fingerprint density at radius 2 is 1.97 bits per heavy atom. The van der Waals surface area contributed by atoms with Crippen molar-refractivity contribution < 1.29 is 19.4 Å². The van der Waals surface area contributed by atoms with E-state index in [1.807, 2.05) is 31.7 Å². The number of hydrogen-bond donors (Lipinski definition) is 1. The predicted molar refractivity (Wildman–Crippen MR) is 119 cm³/mol. The molecule has 30 heavy (non-hydrogen) atoms. The number of ether oxygens (including phenoxy) is 1. The number of nitrogens with zero attached hydrogens (tertiary/aromatic N) is 1. The van der Waals surface area contributed by atoms with Gasteiger partial charge < -0.3 is 14.7 Å². The van der Waals surface area contributed by atoms with Gasteiger partial charge >= 0.3 is 5.97 Å². The van der Waals surface area contributed by atoms with Crippen LogP contribution in [-0.4, -0.2) is 40.1 Å². The zero-order valence-electron chi connectivity index (χ0n) is 18.7. The third-order valence-corrected chi connectivity index (χ3v) is 6.97. The zero-order valence-corrected chi connectivity index (χ0v) is 19.5. The Balaban J connectivity index is 1.93. The van der Waals surface area contributed by atoms with Crippen LogP contribution in [0.4, 0.5) is 0 Å². The van der Waals surface area contributed by atoms with E-state index < -0.39 is 11.6 Å². The summed E-state index contributed by atoms with van der Waals surface area (Å²) in [5.41, 5.74) is -0.388. The lowest BCUT2D eigenvalue weighted by Crippen LogP contribution is -2.60. The van der Waals surface area contributed by atoms with Crippen LogP contribution < -0.4 is 0 Å². The molecule has 0 unspecified atom stereocenters. The molecular formula is C24H33NO4S. The van der Waals surface area contributed by atoms with Crippen LogP contribution in [0.15, 0.2) is 6.07 Å². The molecule has 6 heteroatoms. The lowest BCUT2D eigenvalue weighted by atomic mass is 9.82. The Bertz CT molecular complexity index is 862. The summed E-state index contributed by atoms with van der Waals surface area (Å²) in [7, 11) is 0. The molecule has 2 aliphatic rings. The summed E-state index contributed by atoms with van der Waals surface area (Å²) in [6.07, 6.45) is 5.79. The quantitative estimate of drug-likeness (QED) is 0.687. The molecule has 1 saturated carbocycles. The van der Waals surface area contributed by atoms with Gasteiger partial charge in [0.1, 0.15) is 10.5 Å². The summed E-state index contributed by atoms with van der Waals surface area (Å²) in [6, 6.07) is 1.84. The van der Waals surface area contributed by atoms with Crippen LogP contribution in [-0.2, 0) is 16.1 Å². The van der Waals surface area contributed by atoms with Gasteiger partial charge in [-0.3, -0.25) is 4.79 Å². The first-order chi connectivity index (χ1) is 14.0. The number of hydrogen-bond acceptors (Lipinski definition) is 4. The van der Waals surface area contributed by atoms with Crippen molar-refractivity contribution >= 4 is 23.2 Å². The predicted octanol–water partition coefficient (Wildman–Crippen LogP) is 4.93. The summed E-state index contributed by atoms with van der Waals surface area (Å²) in [5.74, 6) is 5.67. The molecule has 1 aliphatic heterocycles. The van der Waals surface area contributed by atoms with E-state index >= 15 is 0 Å². The minimum absolute atomic E-state index is 0.00326. The molecule has 3 rings (SSSR count). The Labute approximate surface area is 183 Å². The highest BCUT2D eigenvalue weighted by Crippen LogP contribution is 2.36. The number of carbonyl (C=O) groups excluding carboxylic acids is 1. The van der Waals surface area contributed by atoms with Gasteiger partial charge in [0.05, 0.1) is 17.5 Å². The van der Waals surface area contributed by atoms with Gasteiger partial charge in [0.15, 0.2) is 0 Å². The van der Waals surface area contributed by atoms with E-state index in [2.05, 4.69) is 11.8 Å². The second-order valence-corrected chi connectivity index (χ2v) is 11.0. The van der Waals surface area contributed by atoms with Gasteiger partial charge in [-0.2, -0.15) is 0 Å². The van der Waals surface area contributed by atoms with Gasteiger partial charge in [0, 0.05) is 12.0 Å². The topological polar surface area (TPSA) is 66.8 Å². The number of thiophene rings is 1. The first-order valence-corrected chi connectivity index (χ1v) is 11.6. The van der Waals surface area contributed by atoms with Crippen molar-refractivity contribution in [2.24, 2.45) is 11.3 Å². The van der Waals surface area contributed by atoms with Gasteiger partial charge in [-0.25, -0.2) is 4.79 Å². The molecule has 1 amide bonds. The van der Waals surface area contributed by atoms with Crippen molar-refractivity contribution in [2.45, 2.75) is 84.9 Å². The number of morpholine rings is 1. The van der Waals surface area contributed by atoms with E-state index in [0.29, 0.717) is 24.6 Å². The van der Waals surface area contributed by atoms with E-state index in [1.165, 1.54) is 30.6 Å². The van der Waals surface area contributed by atoms with Gasteiger partial charge in [-0.05, 0) is 65.0 Å². The van der Waals surface area contributed by atoms with E-state index in [9.17, 15) is 14.7 Å². The average Bonchev–Trinajstić information content (AvgIpc) is 3.07. The molecule has 2 heterocycles. The van der Waals surface area contributed by atoms with Crippen molar-refractivity contribution in [3.63, 3.8) is 0 Å². The van der Waals surface area contributed by atoms with Crippen molar-refractivity contribution in [3.8, 4) is 11.8 Å². The lowest BCUT2D eigenvalue weighted by Gasteiger charge is -2.46. The standard InChI is InChI=1S/C24H33NO4S/c1-23(2,3)12-11-18-13-17(20(30-18)21(26)27)14-25-19(16-9-7-6-8-10-16)15-29-24(4,5)22(25)28/h13,16,19H,6-10,14-15H2,1-5H3,(H,26,27)/t19-/m0/s1. The number of carboxylic acids is 1. The summed E-state index contributed by atoms with van der Waals surface area (Å²) in [4.78, 5) is 28.1. The second kappa shape index (κ2) is 8.72. The van der Waals surface area contributed by atoms with E-state index in [4.69, 9.17) is 4.74 Å². The highest BCUT2D eigenvalue weighted by molar-refractivity contribution is 7.14. The summed E-state index contributed by atoms with van der Waals surface area (Å²) in [5, 5.41) is 9.75. The molecule has 1 atom stereocenters. The first-order valence-electron chi connectivity index (χ1n) is 10.8. The Kier molecular flexibility index (Phi) is 6.64. The molecule has 1 saturated heterocycles. The highest BCUT2D eigenvalue weighted by atomic mass is 32.1. The van der Waals surface area contributed by atoms with Gasteiger partial charge in [0.2, 0.25) is 0 Å². The van der Waals surface area contributed by atoms with Crippen molar-refractivity contribution in [2.75, 3.05) is 6.61 Å². The van der Waals surface area contributed by atoms with Crippen molar-refractivity contribution in [1.82, 2.24) is 4.90 Å². The molecule has 1 aromatic heterocycles. The molecule has 5 nitrogen and oxygen atoms in total. The van der Waals surface area contributed by atoms with Crippen LogP contribution in [0.3, 0.4) is 0 Å². The van der Waals surface area contributed by atoms with Crippen LogP contribution in [0.25, 0.3) is 0 Å². The normalized spacial score (nSPS) is 22.5. The van der Waals surface area contributed by atoms with Crippen LogP contribution in [0.5, 0.6) is 0 Å². The average molecular weight is 432 g/mol. The molecule has 1 aliphatic carbocycles. The van der Waals surface area contributed by atoms with Crippen molar-refractivity contribution in [3.05, 3.63) is 21.4 Å². The van der Waals surface area contributed by atoms with Crippen LogP contribution in [0, 0.1) is 23.2 Å². The molecule has 1 N–H and O–H groups in total. The Hall–Kier alpha value is -1.84. The third kappa shape index (κ3) is 5.25. The highest BCUT2D eigenvalue weighted by Gasteiger charge is 2.44. The smallest absolute Gasteiger partial charge is 0.346 e. The minimum Gasteiger partial charge on any atom is -0.477 e. The number of carbonyl (C=O) groups is 2. The van der Waals surface area contributed by atoms with Crippen LogP contribution >= 0.6 is 11.3 Å². The van der Waals surface area contributed by atoms with Crippen LogP contribution in [0.1, 0.15) is 86.8 Å². The maximum atomic E-state index is 13.3. The SMILES string of the molecule is CC(C)(C)C#Cc1cc(CN2C(=O)C(C)(C)OC[C@H]2C2CCCCC2)c(C(=O)O)s1. The number of rotatable bonds is 4. The third-order valence-electron chi connectivity index (χ3n) is 5.89. The fraction of sp³-hybridized carbons (Fsp3) is 0.667. The maximum absolute atomic E-state index is 13.3. The first kappa shape index (κ1) is 22.8. The Morgan fingerprint density at radius 1 is 1.30 bits per heavy atom. The van der Waals surface area contributed by atoms with Gasteiger partial charge in [-0.15, -0.1) is 11.3 Å². The fourth-order valence-corrected chi connectivity index (χ4v) is 5.13. The molecule has 0 radical (unpaired) electrons. The maximum Gasteiger partial charge on any atom is 0.346 e. The molecule has 2 fully saturated rings. The zero-order chi connectivity index (χ0) is 22.1.